The minimum atomic E-state index is 0.198. The molecule has 46 valence electrons. The van der Waals surface area contributed by atoms with Gasteiger partial charge in [0.2, 0.25) is 0 Å². The molecule has 0 aromatic heterocycles. The molecule has 9 heavy (non-hydrogen) atoms. The summed E-state index contributed by atoms with van der Waals surface area (Å²) in [7, 11) is 0. The van der Waals surface area contributed by atoms with E-state index in [1.54, 1.807) is 0 Å². The van der Waals surface area contributed by atoms with E-state index in [1.165, 1.54) is 0 Å². The smallest absolute Gasteiger partial charge is 0.170 e. The Labute approximate surface area is 54.7 Å². The third-order valence-corrected chi connectivity index (χ3v) is 1.17. The summed E-state index contributed by atoms with van der Waals surface area (Å²) in [6.07, 6.45) is 4.54. The van der Waals surface area contributed by atoms with E-state index in [2.05, 4.69) is 11.8 Å². The predicted octanol–water partition coefficient (Wildman–Crippen LogP) is 1.78. The lowest BCUT2D eigenvalue weighted by molar-refractivity contribution is 0.433. The van der Waals surface area contributed by atoms with Crippen LogP contribution >= 0.6 is 0 Å². The molecular formula is C8H8O. The summed E-state index contributed by atoms with van der Waals surface area (Å²) < 4.78 is 0. The van der Waals surface area contributed by atoms with Gasteiger partial charge in [-0.3, -0.25) is 0 Å². The lowest BCUT2D eigenvalue weighted by Gasteiger charge is -1.88. The first-order valence-corrected chi connectivity index (χ1v) is 2.86. The van der Waals surface area contributed by atoms with Crippen LogP contribution in [0, 0.1) is 11.8 Å². The molecule has 0 fully saturated rings. The van der Waals surface area contributed by atoms with Gasteiger partial charge in [0.05, 0.1) is 0 Å². The molecule has 0 radical (unpaired) electrons. The van der Waals surface area contributed by atoms with Crippen LogP contribution in [0.25, 0.3) is 0 Å². The van der Waals surface area contributed by atoms with Crippen LogP contribution in [0.1, 0.15) is 13.3 Å². The molecule has 0 spiro atoms. The second-order valence-electron chi connectivity index (χ2n) is 1.94. The van der Waals surface area contributed by atoms with Crippen LogP contribution in [0.2, 0.25) is 0 Å². The first kappa shape index (κ1) is 5.97. The monoisotopic (exact) mass is 120 g/mol. The Balaban J connectivity index is 2.97. The Hall–Kier alpha value is -1.16. The van der Waals surface area contributed by atoms with Gasteiger partial charge >= 0.3 is 0 Å². The summed E-state index contributed by atoms with van der Waals surface area (Å²) >= 11 is 0. The summed E-state index contributed by atoms with van der Waals surface area (Å²) in [6, 6.07) is 0. The average molecular weight is 120 g/mol. The molecule has 0 aromatic rings. The van der Waals surface area contributed by atoms with Crippen molar-refractivity contribution in [1.29, 1.82) is 0 Å². The zero-order valence-corrected chi connectivity index (χ0v) is 5.31. The molecule has 1 rings (SSSR count). The maximum absolute atomic E-state index is 9.01. The van der Waals surface area contributed by atoms with Crippen molar-refractivity contribution in [2.24, 2.45) is 0 Å². The molecule has 0 aromatic carbocycles. The molecule has 0 bridgehead atoms. The van der Waals surface area contributed by atoms with E-state index in [4.69, 9.17) is 5.11 Å². The zero-order chi connectivity index (χ0) is 6.69. The maximum Gasteiger partial charge on any atom is 0.170 e. The highest BCUT2D eigenvalue weighted by molar-refractivity contribution is 5.35. The topological polar surface area (TPSA) is 20.2 Å². The van der Waals surface area contributed by atoms with E-state index in [1.807, 2.05) is 19.1 Å². The lowest BCUT2D eigenvalue weighted by atomic mass is 10.2. The van der Waals surface area contributed by atoms with Crippen molar-refractivity contribution in [1.82, 2.24) is 0 Å². The number of hydrogen-bond acceptors (Lipinski definition) is 1. The van der Waals surface area contributed by atoms with E-state index in [0.29, 0.717) is 0 Å². The molecular weight excluding hydrogens is 112 g/mol. The highest BCUT2D eigenvalue weighted by atomic mass is 16.3. The van der Waals surface area contributed by atoms with Crippen molar-refractivity contribution in [2.45, 2.75) is 13.3 Å². The lowest BCUT2D eigenvalue weighted by Crippen LogP contribution is -1.77. The summed E-state index contributed by atoms with van der Waals surface area (Å²) in [5.74, 6) is 5.60. The Kier molecular flexibility index (Phi) is 1.60. The molecule has 0 amide bonds. The third kappa shape index (κ3) is 1.36. The van der Waals surface area contributed by atoms with Crippen LogP contribution < -0.4 is 0 Å². The Bertz CT molecular complexity index is 223. The molecule has 0 unspecified atom stereocenters. The van der Waals surface area contributed by atoms with Gasteiger partial charge in [0, 0.05) is 6.42 Å². The molecule has 0 saturated carbocycles. The fourth-order valence-electron chi connectivity index (χ4n) is 0.607. The molecule has 1 heteroatoms. The number of rotatable bonds is 0. The highest BCUT2D eigenvalue weighted by Gasteiger charge is 1.92. The van der Waals surface area contributed by atoms with E-state index < -0.39 is 0 Å². The van der Waals surface area contributed by atoms with Crippen molar-refractivity contribution in [2.75, 3.05) is 0 Å². The van der Waals surface area contributed by atoms with Gasteiger partial charge in [-0.2, -0.15) is 0 Å². The van der Waals surface area contributed by atoms with Gasteiger partial charge in [-0.1, -0.05) is 18.1 Å². The van der Waals surface area contributed by atoms with Crippen LogP contribution in [0.5, 0.6) is 0 Å². The molecule has 0 saturated heterocycles. The molecule has 0 aliphatic heterocycles. The van der Waals surface area contributed by atoms with Crippen molar-refractivity contribution >= 4 is 0 Å². The highest BCUT2D eigenvalue weighted by Crippen LogP contribution is 2.04. The zero-order valence-electron chi connectivity index (χ0n) is 5.31. The van der Waals surface area contributed by atoms with Crippen LogP contribution in [0.4, 0.5) is 0 Å². The summed E-state index contributed by atoms with van der Waals surface area (Å²) in [4.78, 5) is 0. The summed E-state index contributed by atoms with van der Waals surface area (Å²) in [6.45, 7) is 1.84. The second kappa shape index (κ2) is 2.41. The van der Waals surface area contributed by atoms with Crippen LogP contribution in [-0.2, 0) is 0 Å². The van der Waals surface area contributed by atoms with E-state index in [0.717, 1.165) is 12.0 Å². The molecule has 1 aliphatic rings. The number of allylic oxidation sites excluding steroid dienone is 4. The fraction of sp³-hybridized carbons (Fsp3) is 0.250. The summed E-state index contributed by atoms with van der Waals surface area (Å²) in [5, 5.41) is 9.01. The molecule has 0 heterocycles. The Morgan fingerprint density at radius 1 is 1.67 bits per heavy atom. The SMILES string of the molecule is CC1=C(O)C#CCC=C1. The first-order chi connectivity index (χ1) is 4.30. The van der Waals surface area contributed by atoms with Gasteiger partial charge < -0.3 is 5.11 Å². The van der Waals surface area contributed by atoms with E-state index in [9.17, 15) is 0 Å². The Morgan fingerprint density at radius 3 is 3.22 bits per heavy atom. The normalized spacial score (nSPS) is 16.6. The molecule has 1 aliphatic carbocycles. The number of aliphatic hydroxyl groups excluding tert-OH is 1. The maximum atomic E-state index is 9.01. The van der Waals surface area contributed by atoms with Crippen LogP contribution in [-0.4, -0.2) is 5.11 Å². The first-order valence-electron chi connectivity index (χ1n) is 2.86. The number of aliphatic hydroxyl groups is 1. The minimum absolute atomic E-state index is 0.198. The minimum Gasteiger partial charge on any atom is -0.500 e. The van der Waals surface area contributed by atoms with Gasteiger partial charge in [0.25, 0.3) is 0 Å². The van der Waals surface area contributed by atoms with Crippen LogP contribution in [0.3, 0.4) is 0 Å². The van der Waals surface area contributed by atoms with Gasteiger partial charge in [-0.05, 0) is 18.4 Å². The quantitative estimate of drug-likeness (QED) is 0.483. The molecule has 0 atom stereocenters. The fourth-order valence-corrected chi connectivity index (χ4v) is 0.607. The largest absolute Gasteiger partial charge is 0.500 e. The van der Waals surface area contributed by atoms with Gasteiger partial charge in [-0.15, -0.1) is 0 Å². The predicted molar refractivity (Wildman–Crippen MR) is 36.9 cm³/mol. The Morgan fingerprint density at radius 2 is 2.44 bits per heavy atom. The number of hydrogen-bond donors (Lipinski definition) is 1. The van der Waals surface area contributed by atoms with Gasteiger partial charge in [0.1, 0.15) is 0 Å². The van der Waals surface area contributed by atoms with Crippen molar-refractivity contribution < 1.29 is 5.11 Å². The van der Waals surface area contributed by atoms with Crippen molar-refractivity contribution in [3.8, 4) is 11.8 Å². The molecule has 1 nitrogen and oxygen atoms in total. The molecule has 1 N–H and O–H groups in total. The van der Waals surface area contributed by atoms with Crippen molar-refractivity contribution in [3.05, 3.63) is 23.5 Å². The standard InChI is InChI=1S/C8H8O/c1-7-5-3-2-4-6-8(7)9/h3,5,9H,2H2,1H3. The summed E-state index contributed by atoms with van der Waals surface area (Å²) in [5.41, 5.74) is 0.847. The second-order valence-corrected chi connectivity index (χ2v) is 1.94. The van der Waals surface area contributed by atoms with E-state index >= 15 is 0 Å². The van der Waals surface area contributed by atoms with E-state index in [-0.39, 0.29) is 5.76 Å². The van der Waals surface area contributed by atoms with Crippen LogP contribution in [0.15, 0.2) is 23.5 Å². The van der Waals surface area contributed by atoms with Gasteiger partial charge in [0.15, 0.2) is 5.76 Å². The third-order valence-electron chi connectivity index (χ3n) is 1.17. The van der Waals surface area contributed by atoms with Crippen molar-refractivity contribution in [3.63, 3.8) is 0 Å². The van der Waals surface area contributed by atoms with Gasteiger partial charge in [-0.25, -0.2) is 0 Å². The average Bonchev–Trinajstić information content (AvgIpc) is 1.99.